The van der Waals surface area contributed by atoms with Crippen molar-refractivity contribution in [1.29, 1.82) is 0 Å². The molecule has 0 amide bonds. The first-order chi connectivity index (χ1) is 10.1. The van der Waals surface area contributed by atoms with Crippen LogP contribution in [0, 0.1) is 0 Å². The topological polar surface area (TPSA) is 43.4 Å². The van der Waals surface area contributed by atoms with Crippen LogP contribution in [0.2, 0.25) is 0 Å². The van der Waals surface area contributed by atoms with Crippen LogP contribution in [0.5, 0.6) is 5.75 Å². The first kappa shape index (κ1) is 19.9. The summed E-state index contributed by atoms with van der Waals surface area (Å²) in [6.07, 6.45) is 0. The lowest BCUT2D eigenvalue weighted by Crippen LogP contribution is -2.56. The monoisotopic (exact) mass is 382 g/mol. The highest BCUT2D eigenvalue weighted by Crippen LogP contribution is 2.50. The number of hydrogen-bond acceptors (Lipinski definition) is 4. The van der Waals surface area contributed by atoms with E-state index in [1.54, 1.807) is 13.8 Å². The van der Waals surface area contributed by atoms with Gasteiger partial charge in [0.2, 0.25) is 0 Å². The third-order valence-electron chi connectivity index (χ3n) is 2.81. The third kappa shape index (κ3) is 3.70. The molecule has 0 unspecified atom stereocenters. The van der Waals surface area contributed by atoms with Gasteiger partial charge in [0.05, 0.1) is 0 Å². The van der Waals surface area contributed by atoms with E-state index >= 15 is 0 Å². The lowest BCUT2D eigenvalue weighted by molar-refractivity contribution is -0.241. The van der Waals surface area contributed by atoms with E-state index in [1.807, 2.05) is 12.6 Å². The Balaban J connectivity index is 3.16. The van der Waals surface area contributed by atoms with Crippen LogP contribution < -0.4 is 4.18 Å². The molecule has 132 valence electrons. The van der Waals surface area contributed by atoms with Gasteiger partial charge in [0.25, 0.3) is 0 Å². The van der Waals surface area contributed by atoms with E-state index in [9.17, 15) is 34.8 Å². The second-order valence-electron chi connectivity index (χ2n) is 4.89. The summed E-state index contributed by atoms with van der Waals surface area (Å²) in [5.74, 6) is -6.97. The first-order valence-electron chi connectivity index (χ1n) is 6.03. The van der Waals surface area contributed by atoms with Gasteiger partial charge in [-0.05, 0) is 23.6 Å². The Morgan fingerprint density at radius 1 is 1.00 bits per heavy atom. The van der Waals surface area contributed by atoms with Gasteiger partial charge in [0.15, 0.2) is 0 Å². The van der Waals surface area contributed by atoms with E-state index in [-0.39, 0.29) is 5.92 Å². The molecule has 0 aliphatic carbocycles. The summed E-state index contributed by atoms with van der Waals surface area (Å²) < 4.78 is 104. The highest BCUT2D eigenvalue weighted by Gasteiger charge is 2.77. The van der Waals surface area contributed by atoms with Crippen molar-refractivity contribution in [2.45, 2.75) is 36.2 Å². The zero-order valence-electron chi connectivity index (χ0n) is 11.7. The minimum absolute atomic E-state index is 0.0225. The smallest absolute Gasteiger partial charge is 0.378 e. The molecule has 11 heteroatoms. The largest absolute Gasteiger partial charge is 0.450 e. The fourth-order valence-electron chi connectivity index (χ4n) is 1.42. The van der Waals surface area contributed by atoms with Crippen molar-refractivity contribution in [2.75, 3.05) is 0 Å². The van der Waals surface area contributed by atoms with Crippen LogP contribution >= 0.6 is 12.6 Å². The number of alkyl halides is 6. The van der Waals surface area contributed by atoms with E-state index in [1.165, 1.54) is 12.1 Å². The quantitative estimate of drug-likeness (QED) is 0.454. The van der Waals surface area contributed by atoms with Crippen molar-refractivity contribution >= 4 is 22.7 Å². The molecule has 0 N–H and O–H groups in total. The molecule has 0 aromatic heterocycles. The average Bonchev–Trinajstić information content (AvgIpc) is 2.37. The summed E-state index contributed by atoms with van der Waals surface area (Å²) in [6, 6.07) is 4.53. The predicted molar refractivity (Wildman–Crippen MR) is 73.9 cm³/mol. The van der Waals surface area contributed by atoms with E-state index < -0.39 is 32.3 Å². The lowest BCUT2D eigenvalue weighted by Gasteiger charge is -2.28. The molecule has 0 saturated carbocycles. The molecule has 1 aromatic carbocycles. The fourth-order valence-corrected chi connectivity index (χ4v) is 2.55. The molecule has 1 aromatic rings. The van der Waals surface area contributed by atoms with Crippen molar-refractivity contribution in [1.82, 2.24) is 0 Å². The predicted octanol–water partition coefficient (Wildman–Crippen LogP) is 4.27. The van der Waals surface area contributed by atoms with Crippen molar-refractivity contribution in [3.63, 3.8) is 0 Å². The van der Waals surface area contributed by atoms with Crippen molar-refractivity contribution < 1.29 is 38.9 Å². The maximum absolute atomic E-state index is 13.4. The molecule has 1 rings (SSSR count). The summed E-state index contributed by atoms with van der Waals surface area (Å²) in [7, 11) is -6.40. The molecular weight excluding hydrogens is 370 g/mol. The highest BCUT2D eigenvalue weighted by molar-refractivity contribution is 7.88. The normalized spacial score (nSPS) is 14.2. The third-order valence-corrected chi connectivity index (χ3v) is 4.39. The molecule has 23 heavy (non-hydrogen) atoms. The maximum atomic E-state index is 13.4. The van der Waals surface area contributed by atoms with Crippen LogP contribution in [-0.2, 0) is 10.1 Å². The summed E-state index contributed by atoms with van der Waals surface area (Å²) >= 11 is 2.04. The second kappa shape index (κ2) is 6.08. The fraction of sp³-hybridized carbons (Fsp3) is 0.500. The molecule has 0 saturated heterocycles. The number of rotatable bonds is 6. The molecular formula is C12H12F6O3S2. The Bertz CT molecular complexity index is 650. The number of hydrogen-bond donors (Lipinski definition) is 1. The zero-order valence-corrected chi connectivity index (χ0v) is 13.4. The van der Waals surface area contributed by atoms with Crippen molar-refractivity contribution in [3.05, 3.63) is 29.8 Å². The molecule has 0 aliphatic rings. The summed E-state index contributed by atoms with van der Waals surface area (Å²) in [5.41, 5.74) is 0.689. The Labute approximate surface area is 134 Å². The Hall–Kier alpha value is -1.10. The summed E-state index contributed by atoms with van der Waals surface area (Å²) in [4.78, 5) is 0. The summed E-state index contributed by atoms with van der Waals surface area (Å²) in [5, 5.41) is -11.8. The van der Waals surface area contributed by atoms with Gasteiger partial charge in [-0.3, -0.25) is 0 Å². The van der Waals surface area contributed by atoms with Crippen LogP contribution in [0.25, 0.3) is 0 Å². The number of halogens is 6. The number of benzene rings is 1. The van der Waals surface area contributed by atoms with Gasteiger partial charge in [-0.2, -0.15) is 34.8 Å². The van der Waals surface area contributed by atoms with Crippen LogP contribution in [0.1, 0.15) is 25.3 Å². The summed E-state index contributed by atoms with van der Waals surface area (Å²) in [6.45, 7) is 3.58. The molecule has 0 atom stereocenters. The van der Waals surface area contributed by atoms with Crippen molar-refractivity contribution in [2.24, 2.45) is 0 Å². The first-order valence-corrected chi connectivity index (χ1v) is 7.89. The SMILES string of the molecule is CC(C)c1ccc(OS(=O)(=O)C(F)(F)C(F)(F)C(F)(F)S)cc1. The number of thiol groups is 1. The Kier molecular flexibility index (Phi) is 5.27. The van der Waals surface area contributed by atoms with E-state index in [2.05, 4.69) is 4.18 Å². The Morgan fingerprint density at radius 2 is 1.43 bits per heavy atom. The van der Waals surface area contributed by atoms with Gasteiger partial charge >= 0.3 is 26.5 Å². The van der Waals surface area contributed by atoms with Gasteiger partial charge in [-0.25, -0.2) is 0 Å². The lowest BCUT2D eigenvalue weighted by atomic mass is 10.0. The zero-order chi connectivity index (χ0) is 18.3. The molecule has 0 bridgehead atoms. The molecule has 0 heterocycles. The molecule has 0 radical (unpaired) electrons. The maximum Gasteiger partial charge on any atom is 0.450 e. The second-order valence-corrected chi connectivity index (χ2v) is 7.04. The van der Waals surface area contributed by atoms with E-state index in [4.69, 9.17) is 0 Å². The molecule has 3 nitrogen and oxygen atoms in total. The minimum Gasteiger partial charge on any atom is -0.378 e. The average molecular weight is 382 g/mol. The van der Waals surface area contributed by atoms with Gasteiger partial charge < -0.3 is 4.18 Å². The van der Waals surface area contributed by atoms with Crippen LogP contribution in [0.3, 0.4) is 0 Å². The molecule has 0 aliphatic heterocycles. The van der Waals surface area contributed by atoms with Crippen LogP contribution in [-0.4, -0.2) is 24.8 Å². The standard InChI is InChI=1S/C12H12F6O3S2/c1-7(2)8-3-5-9(6-4-8)21-23(19,20)12(17,18)10(13,14)11(15,16)22/h3-7,22H,1-2H3. The van der Waals surface area contributed by atoms with E-state index in [0.29, 0.717) is 5.56 Å². The molecule has 0 fully saturated rings. The van der Waals surface area contributed by atoms with Crippen LogP contribution in [0.15, 0.2) is 24.3 Å². The molecule has 0 spiro atoms. The van der Waals surface area contributed by atoms with E-state index in [0.717, 1.165) is 12.1 Å². The van der Waals surface area contributed by atoms with Gasteiger partial charge in [-0.15, -0.1) is 0 Å². The minimum atomic E-state index is -6.40. The van der Waals surface area contributed by atoms with Gasteiger partial charge in [-0.1, -0.05) is 38.6 Å². The Morgan fingerprint density at radius 3 is 1.78 bits per heavy atom. The van der Waals surface area contributed by atoms with Gasteiger partial charge in [0, 0.05) is 0 Å². The van der Waals surface area contributed by atoms with Crippen molar-refractivity contribution in [3.8, 4) is 5.75 Å². The van der Waals surface area contributed by atoms with Crippen LogP contribution in [0.4, 0.5) is 26.3 Å². The van der Waals surface area contributed by atoms with Gasteiger partial charge in [0.1, 0.15) is 5.75 Å². The highest BCUT2D eigenvalue weighted by atomic mass is 32.2.